The zero-order valence-electron chi connectivity index (χ0n) is 21.2. The van der Waals surface area contributed by atoms with E-state index in [0.717, 1.165) is 22.6 Å². The van der Waals surface area contributed by atoms with Crippen LogP contribution in [0.4, 0.5) is 35.1 Å². The Morgan fingerprint density at radius 1 is 0.929 bits per heavy atom. The Balaban J connectivity index is 1.73. The minimum atomic E-state index is -5.10. The molecule has 0 bridgehead atoms. The maximum Gasteiger partial charge on any atom is 0.416 e. The molecule has 1 aromatic heterocycles. The molecular weight excluding hydrogens is 600 g/mol. The second-order valence-electron chi connectivity index (χ2n) is 9.31. The monoisotopic (exact) mass is 620 g/mol. The highest BCUT2D eigenvalue weighted by atomic mass is 32.2. The maximum atomic E-state index is 13.5. The molecule has 4 rings (SSSR count). The van der Waals surface area contributed by atoms with Gasteiger partial charge in [0.25, 0.3) is 5.92 Å². The van der Waals surface area contributed by atoms with Crippen molar-refractivity contribution in [1.29, 1.82) is 0 Å². The largest absolute Gasteiger partial charge is 0.416 e. The summed E-state index contributed by atoms with van der Waals surface area (Å²) in [6, 6.07) is 6.92. The fourth-order valence-corrected chi connectivity index (χ4v) is 5.64. The number of nitrogens with zero attached hydrogens (tertiary/aromatic N) is 3. The summed E-state index contributed by atoms with van der Waals surface area (Å²) >= 11 is 0. The molecule has 2 heterocycles. The molecule has 0 atom stereocenters. The van der Waals surface area contributed by atoms with Crippen molar-refractivity contribution in [1.82, 2.24) is 14.3 Å². The minimum absolute atomic E-state index is 0.0236. The fraction of sp³-hybridized carbons (Fsp3) is 0.269. The summed E-state index contributed by atoms with van der Waals surface area (Å²) in [5.74, 6) is -4.59. The molecule has 7 nitrogen and oxygen atoms in total. The molecule has 2 N–H and O–H groups in total. The summed E-state index contributed by atoms with van der Waals surface area (Å²) in [6.07, 6.45) is -9.44. The smallest absolute Gasteiger partial charge is 0.366 e. The van der Waals surface area contributed by atoms with E-state index >= 15 is 0 Å². The van der Waals surface area contributed by atoms with Gasteiger partial charge < -0.3 is 5.73 Å². The van der Waals surface area contributed by atoms with E-state index in [-0.39, 0.29) is 27.8 Å². The summed E-state index contributed by atoms with van der Waals surface area (Å²) < 4.78 is 134. The first-order valence-electron chi connectivity index (χ1n) is 12.0. The normalized spacial score (nSPS) is 16.8. The third-order valence-corrected chi connectivity index (χ3v) is 8.21. The molecule has 1 saturated heterocycles. The van der Waals surface area contributed by atoms with Crippen molar-refractivity contribution in [2.24, 2.45) is 5.73 Å². The summed E-state index contributed by atoms with van der Waals surface area (Å²) in [4.78, 5) is 19.7. The van der Waals surface area contributed by atoms with Gasteiger partial charge in [0.1, 0.15) is 0 Å². The van der Waals surface area contributed by atoms with Crippen molar-refractivity contribution in [3.05, 3.63) is 77.1 Å². The van der Waals surface area contributed by atoms with Gasteiger partial charge in [-0.15, -0.1) is 0 Å². The molecule has 0 aliphatic carbocycles. The lowest BCUT2D eigenvalue weighted by atomic mass is 10.0. The number of carbonyl (C=O) groups excluding carboxylic acids is 1. The number of piperidine rings is 1. The van der Waals surface area contributed by atoms with Crippen LogP contribution in [-0.4, -0.2) is 47.6 Å². The Hall–Kier alpha value is -3.92. The molecule has 224 valence electrons. The number of amides is 1. The van der Waals surface area contributed by atoms with Gasteiger partial charge in [0.15, 0.2) is 5.82 Å². The lowest BCUT2D eigenvalue weighted by Gasteiger charge is -2.31. The first-order valence-corrected chi connectivity index (χ1v) is 13.4. The molecule has 0 spiro atoms. The SMILES string of the molecule is NC(=O)/C(=C/c1ccnc(-c2cc(C(F)(F)F)cc(C(F)(F)F)c2)n1)c1cccc(S(=O)(=O)N2CCC(F)(F)CC2)c1. The van der Waals surface area contributed by atoms with Crippen LogP contribution < -0.4 is 5.73 Å². The zero-order valence-corrected chi connectivity index (χ0v) is 22.0. The molecule has 1 aliphatic heterocycles. The van der Waals surface area contributed by atoms with Crippen LogP contribution >= 0.6 is 0 Å². The predicted molar refractivity (Wildman–Crippen MR) is 134 cm³/mol. The van der Waals surface area contributed by atoms with E-state index < -0.39 is 82.7 Å². The second kappa shape index (κ2) is 11.1. The van der Waals surface area contributed by atoms with Crippen molar-refractivity contribution in [3.8, 4) is 11.4 Å². The molecule has 0 saturated carbocycles. The molecule has 1 fully saturated rings. The molecule has 1 amide bonds. The number of alkyl halides is 8. The van der Waals surface area contributed by atoms with E-state index in [4.69, 9.17) is 5.73 Å². The van der Waals surface area contributed by atoms with Gasteiger partial charge >= 0.3 is 12.4 Å². The van der Waals surface area contributed by atoms with Crippen LogP contribution in [0.15, 0.2) is 59.6 Å². The van der Waals surface area contributed by atoms with Gasteiger partial charge in [-0.25, -0.2) is 27.2 Å². The van der Waals surface area contributed by atoms with Crippen molar-refractivity contribution in [2.75, 3.05) is 13.1 Å². The molecule has 42 heavy (non-hydrogen) atoms. The number of primary amides is 1. The average Bonchev–Trinajstić information content (AvgIpc) is 2.90. The van der Waals surface area contributed by atoms with Crippen LogP contribution in [0, 0.1) is 0 Å². The first-order chi connectivity index (χ1) is 19.4. The standard InChI is InChI=1S/C26H20F8N4O3S/c27-24(28)5-8-38(9-6-24)42(40,41)20-3-1-2-15(12-20)21(22(35)39)14-19-4-7-36-23(37-19)16-10-17(25(29,30)31)13-18(11-16)26(32,33)34/h1-4,7,10-14H,5-6,8-9H2,(H2,35,39)/b21-14+. The third kappa shape index (κ3) is 6.92. The Morgan fingerprint density at radius 2 is 1.52 bits per heavy atom. The van der Waals surface area contributed by atoms with Gasteiger partial charge in [0, 0.05) is 43.3 Å². The third-order valence-electron chi connectivity index (χ3n) is 6.32. The van der Waals surface area contributed by atoms with Crippen LogP contribution in [0.3, 0.4) is 0 Å². The molecule has 2 aromatic carbocycles. The number of rotatable bonds is 6. The average molecular weight is 621 g/mol. The number of hydrogen-bond acceptors (Lipinski definition) is 5. The quantitative estimate of drug-likeness (QED) is 0.284. The van der Waals surface area contributed by atoms with E-state index in [1.807, 2.05) is 0 Å². The molecular formula is C26H20F8N4O3S. The van der Waals surface area contributed by atoms with E-state index in [0.29, 0.717) is 12.1 Å². The maximum absolute atomic E-state index is 13.5. The topological polar surface area (TPSA) is 106 Å². The highest BCUT2D eigenvalue weighted by molar-refractivity contribution is 7.89. The summed E-state index contributed by atoms with van der Waals surface area (Å²) in [7, 11) is -4.23. The van der Waals surface area contributed by atoms with E-state index in [9.17, 15) is 48.3 Å². The Kier molecular flexibility index (Phi) is 8.17. The van der Waals surface area contributed by atoms with E-state index in [1.165, 1.54) is 24.3 Å². The van der Waals surface area contributed by atoms with Crippen molar-refractivity contribution >= 4 is 27.6 Å². The van der Waals surface area contributed by atoms with Crippen LogP contribution in [0.2, 0.25) is 0 Å². The summed E-state index contributed by atoms with van der Waals surface area (Å²) in [6.45, 7) is -0.846. The van der Waals surface area contributed by atoms with Crippen LogP contribution in [0.5, 0.6) is 0 Å². The second-order valence-corrected chi connectivity index (χ2v) is 11.2. The van der Waals surface area contributed by atoms with Gasteiger partial charge in [-0.3, -0.25) is 4.79 Å². The van der Waals surface area contributed by atoms with Gasteiger partial charge in [-0.1, -0.05) is 12.1 Å². The van der Waals surface area contributed by atoms with Crippen molar-refractivity contribution < 1.29 is 48.3 Å². The van der Waals surface area contributed by atoms with E-state index in [1.54, 1.807) is 0 Å². The van der Waals surface area contributed by atoms with Crippen molar-refractivity contribution in [2.45, 2.75) is 36.0 Å². The molecule has 0 radical (unpaired) electrons. The Bertz CT molecular complexity index is 1610. The van der Waals surface area contributed by atoms with Gasteiger partial charge in [-0.05, 0) is 48.0 Å². The Morgan fingerprint density at radius 3 is 2.07 bits per heavy atom. The number of hydrogen-bond donors (Lipinski definition) is 1. The number of halogens is 8. The lowest BCUT2D eigenvalue weighted by molar-refractivity contribution is -0.143. The number of aromatic nitrogens is 2. The number of benzene rings is 2. The zero-order chi connectivity index (χ0) is 31.1. The molecule has 3 aromatic rings. The number of nitrogens with two attached hydrogens (primary N) is 1. The van der Waals surface area contributed by atoms with Gasteiger partial charge in [0.2, 0.25) is 15.9 Å². The first kappa shape index (κ1) is 31.0. The van der Waals surface area contributed by atoms with Gasteiger partial charge in [-0.2, -0.15) is 30.6 Å². The number of sulfonamides is 1. The highest BCUT2D eigenvalue weighted by Gasteiger charge is 2.39. The van der Waals surface area contributed by atoms with Crippen LogP contribution in [-0.2, 0) is 27.2 Å². The predicted octanol–water partition coefficient (Wildman–Crippen LogP) is 5.63. The highest BCUT2D eigenvalue weighted by Crippen LogP contribution is 2.38. The van der Waals surface area contributed by atoms with Crippen LogP contribution in [0.25, 0.3) is 23.0 Å². The summed E-state index contributed by atoms with van der Waals surface area (Å²) in [5, 5.41) is 0. The minimum Gasteiger partial charge on any atom is -0.366 e. The van der Waals surface area contributed by atoms with E-state index in [2.05, 4.69) is 9.97 Å². The van der Waals surface area contributed by atoms with Crippen molar-refractivity contribution in [3.63, 3.8) is 0 Å². The molecule has 16 heteroatoms. The van der Waals surface area contributed by atoms with Crippen LogP contribution in [0.1, 0.15) is 35.2 Å². The Labute approximate surface area is 233 Å². The number of carbonyl (C=O) groups is 1. The lowest BCUT2D eigenvalue weighted by Crippen LogP contribution is -2.42. The van der Waals surface area contributed by atoms with Gasteiger partial charge in [0.05, 0.1) is 21.7 Å². The summed E-state index contributed by atoms with van der Waals surface area (Å²) in [5.41, 5.74) is 1.25. The molecule has 1 aliphatic rings. The fourth-order valence-electron chi connectivity index (χ4n) is 4.15. The molecule has 0 unspecified atom stereocenters.